The molecular formula is C45H90NO6+. The second-order valence-electron chi connectivity index (χ2n) is 15.4. The Balaban J connectivity index is 4.21. The molecule has 7 nitrogen and oxygen atoms in total. The molecule has 1 N–H and O–H groups in total. The van der Waals surface area contributed by atoms with E-state index >= 15 is 0 Å². The molecule has 0 aromatic carbocycles. The van der Waals surface area contributed by atoms with E-state index in [1.165, 1.54) is 141 Å². The summed E-state index contributed by atoms with van der Waals surface area (Å²) in [5.41, 5.74) is 0. The largest absolute Gasteiger partial charge is 0.394 e. The van der Waals surface area contributed by atoms with E-state index in [-0.39, 0.29) is 12.7 Å². The van der Waals surface area contributed by atoms with Gasteiger partial charge in [-0.3, -0.25) is 0 Å². The van der Waals surface area contributed by atoms with Crippen molar-refractivity contribution in [2.75, 3.05) is 93.3 Å². The van der Waals surface area contributed by atoms with E-state index in [1.54, 1.807) is 0 Å². The fraction of sp³-hybridized carbons (Fsp3) is 0.911. The average molecular weight is 741 g/mol. The molecule has 0 radical (unpaired) electrons. The molecule has 0 fully saturated rings. The predicted octanol–water partition coefficient (Wildman–Crippen LogP) is 11.0. The quantitative estimate of drug-likeness (QED) is 0.0381. The maximum atomic E-state index is 8.76. The molecule has 0 aromatic heterocycles. The van der Waals surface area contributed by atoms with Crippen LogP contribution in [0.2, 0.25) is 0 Å². The van der Waals surface area contributed by atoms with Crippen LogP contribution in [0.3, 0.4) is 0 Å². The Kier molecular flexibility index (Phi) is 42.3. The highest BCUT2D eigenvalue weighted by Crippen LogP contribution is 2.13. The molecule has 0 bridgehead atoms. The van der Waals surface area contributed by atoms with Gasteiger partial charge in [0.05, 0.1) is 67.0 Å². The minimum absolute atomic E-state index is 0.0470. The van der Waals surface area contributed by atoms with E-state index in [9.17, 15) is 0 Å². The topological polar surface area (TPSA) is 66.4 Å². The molecule has 1 atom stereocenters. The molecule has 0 amide bonds. The predicted molar refractivity (Wildman–Crippen MR) is 222 cm³/mol. The van der Waals surface area contributed by atoms with E-state index in [0.29, 0.717) is 46.2 Å². The minimum atomic E-state index is 0.0470. The van der Waals surface area contributed by atoms with Gasteiger partial charge in [0.15, 0.2) is 0 Å². The third kappa shape index (κ3) is 41.9. The van der Waals surface area contributed by atoms with Gasteiger partial charge in [-0.25, -0.2) is 0 Å². The lowest BCUT2D eigenvalue weighted by Gasteiger charge is -2.33. The van der Waals surface area contributed by atoms with Crippen LogP contribution < -0.4 is 0 Å². The van der Waals surface area contributed by atoms with Gasteiger partial charge in [-0.05, 0) is 51.4 Å². The zero-order valence-electron chi connectivity index (χ0n) is 35.3. The van der Waals surface area contributed by atoms with Crippen molar-refractivity contribution in [3.05, 3.63) is 24.3 Å². The van der Waals surface area contributed by atoms with Crippen molar-refractivity contribution in [1.29, 1.82) is 0 Å². The van der Waals surface area contributed by atoms with E-state index < -0.39 is 0 Å². The first-order valence-electron chi connectivity index (χ1n) is 22.2. The molecule has 310 valence electrons. The number of unbranched alkanes of at least 4 members (excludes halogenated alkanes) is 20. The first-order valence-corrected chi connectivity index (χ1v) is 22.2. The van der Waals surface area contributed by atoms with E-state index in [4.69, 9.17) is 28.8 Å². The Labute approximate surface area is 324 Å². The SMILES string of the molecule is CCCCC=CCCCCCCCCCCOCC(C[N+](C)(C)CCOCCOCCOCCO)OCCCCCCCCCCC=CCCCC. The fourth-order valence-electron chi connectivity index (χ4n) is 6.25. The van der Waals surface area contributed by atoms with Crippen LogP contribution >= 0.6 is 0 Å². The number of rotatable bonds is 44. The zero-order valence-corrected chi connectivity index (χ0v) is 35.3. The molecule has 0 heterocycles. The van der Waals surface area contributed by atoms with Crippen LogP contribution in [0.15, 0.2) is 24.3 Å². The van der Waals surface area contributed by atoms with Crippen molar-refractivity contribution in [3.63, 3.8) is 0 Å². The number of allylic oxidation sites excluding steroid dienone is 4. The van der Waals surface area contributed by atoms with Crippen LogP contribution in [-0.2, 0) is 23.7 Å². The normalized spacial score (nSPS) is 12.9. The maximum Gasteiger partial charge on any atom is 0.130 e. The van der Waals surface area contributed by atoms with Crippen molar-refractivity contribution in [3.8, 4) is 0 Å². The smallest absolute Gasteiger partial charge is 0.130 e. The van der Waals surface area contributed by atoms with Gasteiger partial charge in [-0.15, -0.1) is 0 Å². The third-order valence-corrected chi connectivity index (χ3v) is 9.63. The van der Waals surface area contributed by atoms with Crippen molar-refractivity contribution in [2.45, 2.75) is 174 Å². The van der Waals surface area contributed by atoms with Crippen LogP contribution in [0, 0.1) is 0 Å². The Hall–Kier alpha value is -0.800. The number of hydrogen-bond donors (Lipinski definition) is 1. The highest BCUT2D eigenvalue weighted by atomic mass is 16.5. The third-order valence-electron chi connectivity index (χ3n) is 9.63. The summed E-state index contributed by atoms with van der Waals surface area (Å²) in [7, 11) is 4.53. The summed E-state index contributed by atoms with van der Waals surface area (Å²) in [4.78, 5) is 0. The van der Waals surface area contributed by atoms with Crippen LogP contribution in [0.4, 0.5) is 0 Å². The number of aliphatic hydroxyl groups excluding tert-OH is 1. The first kappa shape index (κ1) is 51.2. The van der Waals surface area contributed by atoms with Gasteiger partial charge in [0.2, 0.25) is 0 Å². The molecule has 52 heavy (non-hydrogen) atoms. The van der Waals surface area contributed by atoms with Gasteiger partial charge in [0, 0.05) is 13.2 Å². The standard InChI is InChI=1S/C45H90NO6/c1-5-7-9-11-13-15-17-19-21-23-25-27-29-31-35-51-44-45(43-46(3,4)33-37-48-39-41-50-42-40-49-38-34-47)52-36-32-30-28-26-24-22-20-18-16-14-12-10-8-6-2/h11-14,45,47H,5-10,15-44H2,1-4H3/q+1. The highest BCUT2D eigenvalue weighted by molar-refractivity contribution is 4.81. The van der Waals surface area contributed by atoms with Gasteiger partial charge in [-0.2, -0.15) is 0 Å². The number of quaternary nitrogens is 1. The Morgan fingerprint density at radius 2 is 0.846 bits per heavy atom. The van der Waals surface area contributed by atoms with Gasteiger partial charge >= 0.3 is 0 Å². The second-order valence-corrected chi connectivity index (χ2v) is 15.4. The lowest BCUT2D eigenvalue weighted by molar-refractivity contribution is -0.894. The van der Waals surface area contributed by atoms with Crippen LogP contribution in [0.1, 0.15) is 168 Å². The second kappa shape index (κ2) is 42.9. The fourth-order valence-corrected chi connectivity index (χ4v) is 6.25. The molecule has 0 aliphatic heterocycles. The summed E-state index contributed by atoms with van der Waals surface area (Å²) in [5.74, 6) is 0. The maximum absolute atomic E-state index is 8.76. The summed E-state index contributed by atoms with van der Waals surface area (Å²) < 4.78 is 30.1. The number of hydrogen-bond acceptors (Lipinski definition) is 6. The minimum Gasteiger partial charge on any atom is -0.394 e. The molecule has 0 aliphatic rings. The monoisotopic (exact) mass is 741 g/mol. The Morgan fingerprint density at radius 1 is 0.442 bits per heavy atom. The van der Waals surface area contributed by atoms with E-state index in [1.807, 2.05) is 0 Å². The van der Waals surface area contributed by atoms with Crippen molar-refractivity contribution >= 4 is 0 Å². The van der Waals surface area contributed by atoms with Gasteiger partial charge in [-0.1, -0.05) is 141 Å². The van der Waals surface area contributed by atoms with Gasteiger partial charge < -0.3 is 33.3 Å². The Morgan fingerprint density at radius 3 is 1.33 bits per heavy atom. The van der Waals surface area contributed by atoms with Crippen molar-refractivity contribution in [2.24, 2.45) is 0 Å². The highest BCUT2D eigenvalue weighted by Gasteiger charge is 2.23. The Bertz CT molecular complexity index is 731. The van der Waals surface area contributed by atoms with E-state index in [0.717, 1.165) is 43.6 Å². The summed E-state index contributed by atoms with van der Waals surface area (Å²) in [6, 6.07) is 0. The number of likely N-dealkylation sites (N-methyl/N-ethyl adjacent to an activating group) is 1. The van der Waals surface area contributed by atoms with Crippen LogP contribution in [0.25, 0.3) is 0 Å². The average Bonchev–Trinajstić information content (AvgIpc) is 3.13. The lowest BCUT2D eigenvalue weighted by Crippen LogP contribution is -2.49. The summed E-state index contributed by atoms with van der Waals surface area (Å²) in [6.07, 6.45) is 40.9. The molecule has 0 spiro atoms. The van der Waals surface area contributed by atoms with Crippen LogP contribution in [0.5, 0.6) is 0 Å². The number of ether oxygens (including phenoxy) is 5. The summed E-state index contributed by atoms with van der Waals surface area (Å²) >= 11 is 0. The zero-order chi connectivity index (χ0) is 37.9. The molecule has 1 unspecified atom stereocenters. The van der Waals surface area contributed by atoms with E-state index in [2.05, 4.69) is 52.2 Å². The summed E-state index contributed by atoms with van der Waals surface area (Å²) in [6.45, 7) is 12.0. The summed E-state index contributed by atoms with van der Waals surface area (Å²) in [5, 5.41) is 8.76. The molecule has 0 rings (SSSR count). The van der Waals surface area contributed by atoms with Gasteiger partial charge in [0.1, 0.15) is 19.2 Å². The molecular weight excluding hydrogens is 650 g/mol. The number of aliphatic hydroxyl groups is 1. The van der Waals surface area contributed by atoms with Crippen molar-refractivity contribution in [1.82, 2.24) is 0 Å². The van der Waals surface area contributed by atoms with Crippen LogP contribution in [-0.4, -0.2) is 109 Å². The molecule has 0 aliphatic carbocycles. The molecule has 7 heteroatoms. The van der Waals surface area contributed by atoms with Gasteiger partial charge in [0.25, 0.3) is 0 Å². The molecule has 0 saturated carbocycles. The molecule has 0 saturated heterocycles. The lowest BCUT2D eigenvalue weighted by atomic mass is 10.1. The molecule has 0 aromatic rings. The number of nitrogens with zero attached hydrogens (tertiary/aromatic N) is 1. The van der Waals surface area contributed by atoms with Crippen molar-refractivity contribution < 1.29 is 33.3 Å². The first-order chi connectivity index (χ1) is 25.6.